The number of nitrogens with two attached hydrogens (primary N) is 1. The zero-order chi connectivity index (χ0) is 13.7. The van der Waals surface area contributed by atoms with Crippen LogP contribution in [0.15, 0.2) is 48.5 Å². The number of Topliss-reactive ketones (excluding diaryl/α,β-unsaturated/α-hetero) is 1. The largest absolute Gasteiger partial charge is 0.399 e. The molecule has 0 heterocycles. The second kappa shape index (κ2) is 6.39. The number of ketones is 1. The lowest BCUT2D eigenvalue weighted by Crippen LogP contribution is -2.04. The topological polar surface area (TPSA) is 43.1 Å². The van der Waals surface area contributed by atoms with Crippen molar-refractivity contribution in [3.05, 3.63) is 64.7 Å². The Bertz CT molecular complexity index is 563. The normalized spacial score (nSPS) is 10.4. The lowest BCUT2D eigenvalue weighted by atomic mass is 10.0. The fourth-order valence-electron chi connectivity index (χ4n) is 1.91. The molecule has 0 aliphatic carbocycles. The Labute approximate surface area is 118 Å². The summed E-state index contributed by atoms with van der Waals surface area (Å²) in [6.45, 7) is 0. The lowest BCUT2D eigenvalue weighted by molar-refractivity contribution is -0.118. The molecule has 2 aromatic carbocycles. The second-order valence-electron chi connectivity index (χ2n) is 4.55. The Morgan fingerprint density at radius 1 is 1.05 bits per heavy atom. The maximum Gasteiger partial charge on any atom is 0.137 e. The average Bonchev–Trinajstić information content (AvgIpc) is 2.41. The second-order valence-corrected chi connectivity index (χ2v) is 4.96. The quantitative estimate of drug-likeness (QED) is 0.845. The molecule has 0 atom stereocenters. The SMILES string of the molecule is Nc1ccc(CCC(=O)Cc2ccccc2Cl)cc1. The first-order chi connectivity index (χ1) is 9.15. The third-order valence-corrected chi connectivity index (χ3v) is 3.39. The number of hydrogen-bond acceptors (Lipinski definition) is 2. The van der Waals surface area contributed by atoms with Crippen LogP contribution in [-0.2, 0) is 17.6 Å². The fraction of sp³-hybridized carbons (Fsp3) is 0.188. The van der Waals surface area contributed by atoms with E-state index in [0.29, 0.717) is 17.9 Å². The van der Waals surface area contributed by atoms with Crippen molar-refractivity contribution in [2.24, 2.45) is 0 Å². The first-order valence-electron chi connectivity index (χ1n) is 6.24. The number of hydrogen-bond donors (Lipinski definition) is 1. The highest BCUT2D eigenvalue weighted by molar-refractivity contribution is 6.31. The zero-order valence-corrected chi connectivity index (χ0v) is 11.4. The predicted molar refractivity (Wildman–Crippen MR) is 79.3 cm³/mol. The predicted octanol–water partition coefficient (Wildman–Crippen LogP) is 3.67. The monoisotopic (exact) mass is 273 g/mol. The van der Waals surface area contributed by atoms with Crippen molar-refractivity contribution in [3.8, 4) is 0 Å². The van der Waals surface area contributed by atoms with Crippen molar-refractivity contribution in [3.63, 3.8) is 0 Å². The third-order valence-electron chi connectivity index (χ3n) is 3.02. The molecule has 0 amide bonds. The molecule has 2 nitrogen and oxygen atoms in total. The van der Waals surface area contributed by atoms with Gasteiger partial charge in [-0.2, -0.15) is 0 Å². The van der Waals surface area contributed by atoms with Gasteiger partial charge in [0.25, 0.3) is 0 Å². The lowest BCUT2D eigenvalue weighted by Gasteiger charge is -2.04. The van der Waals surface area contributed by atoms with Gasteiger partial charge in [-0.1, -0.05) is 41.9 Å². The molecule has 0 radical (unpaired) electrons. The third kappa shape index (κ3) is 4.11. The van der Waals surface area contributed by atoms with Gasteiger partial charge in [0.15, 0.2) is 0 Å². The van der Waals surface area contributed by atoms with Crippen LogP contribution >= 0.6 is 11.6 Å². The molecular weight excluding hydrogens is 258 g/mol. The highest BCUT2D eigenvalue weighted by atomic mass is 35.5. The number of halogens is 1. The number of aryl methyl sites for hydroxylation is 1. The summed E-state index contributed by atoms with van der Waals surface area (Å²) in [5.41, 5.74) is 8.38. The summed E-state index contributed by atoms with van der Waals surface area (Å²) in [5, 5.41) is 0.656. The Balaban J connectivity index is 1.88. The minimum Gasteiger partial charge on any atom is -0.399 e. The Hall–Kier alpha value is -1.80. The molecule has 0 saturated carbocycles. The number of nitrogen functional groups attached to an aromatic ring is 1. The molecule has 0 saturated heterocycles. The highest BCUT2D eigenvalue weighted by Crippen LogP contribution is 2.16. The van der Waals surface area contributed by atoms with Crippen LogP contribution in [0.2, 0.25) is 5.02 Å². The molecule has 2 rings (SSSR count). The van der Waals surface area contributed by atoms with Crippen LogP contribution in [0.3, 0.4) is 0 Å². The van der Waals surface area contributed by atoms with Crippen LogP contribution < -0.4 is 5.73 Å². The fourth-order valence-corrected chi connectivity index (χ4v) is 2.11. The molecule has 0 aromatic heterocycles. The van der Waals surface area contributed by atoms with E-state index in [2.05, 4.69) is 0 Å². The number of carbonyl (C=O) groups excluding carboxylic acids is 1. The van der Waals surface area contributed by atoms with Crippen molar-refractivity contribution in [2.45, 2.75) is 19.3 Å². The number of rotatable bonds is 5. The zero-order valence-electron chi connectivity index (χ0n) is 10.6. The first kappa shape index (κ1) is 13.6. The van der Waals surface area contributed by atoms with Gasteiger partial charge in [0.2, 0.25) is 0 Å². The van der Waals surface area contributed by atoms with E-state index in [9.17, 15) is 4.79 Å². The van der Waals surface area contributed by atoms with Gasteiger partial charge in [-0.15, -0.1) is 0 Å². The van der Waals surface area contributed by atoms with Crippen LogP contribution in [0.1, 0.15) is 17.5 Å². The maximum absolute atomic E-state index is 11.9. The standard InChI is InChI=1S/C16H16ClNO/c17-16-4-2-1-3-13(16)11-15(19)10-7-12-5-8-14(18)9-6-12/h1-6,8-9H,7,10-11,18H2. The molecule has 3 heteroatoms. The van der Waals surface area contributed by atoms with E-state index in [1.165, 1.54) is 0 Å². The number of benzene rings is 2. The van der Waals surface area contributed by atoms with E-state index in [0.717, 1.165) is 23.2 Å². The minimum atomic E-state index is 0.199. The Kier molecular flexibility index (Phi) is 4.58. The van der Waals surface area contributed by atoms with Gasteiger partial charge in [-0.25, -0.2) is 0 Å². The van der Waals surface area contributed by atoms with Gasteiger partial charge in [0.1, 0.15) is 5.78 Å². The van der Waals surface area contributed by atoms with Crippen molar-refractivity contribution < 1.29 is 4.79 Å². The highest BCUT2D eigenvalue weighted by Gasteiger charge is 2.07. The first-order valence-corrected chi connectivity index (χ1v) is 6.62. The molecule has 2 aromatic rings. The molecule has 0 unspecified atom stereocenters. The summed E-state index contributed by atoms with van der Waals surface area (Å²) < 4.78 is 0. The maximum atomic E-state index is 11.9. The van der Waals surface area contributed by atoms with Crippen LogP contribution in [0.25, 0.3) is 0 Å². The molecule has 0 fully saturated rings. The van der Waals surface area contributed by atoms with Crippen LogP contribution in [0.5, 0.6) is 0 Å². The van der Waals surface area contributed by atoms with E-state index >= 15 is 0 Å². The van der Waals surface area contributed by atoms with Crippen molar-refractivity contribution >= 4 is 23.1 Å². The van der Waals surface area contributed by atoms with Gasteiger partial charge in [-0.3, -0.25) is 4.79 Å². The van der Waals surface area contributed by atoms with Crippen molar-refractivity contribution in [2.75, 3.05) is 5.73 Å². The minimum absolute atomic E-state index is 0.199. The summed E-state index contributed by atoms with van der Waals surface area (Å²) in [7, 11) is 0. The van der Waals surface area contributed by atoms with E-state index < -0.39 is 0 Å². The molecule has 0 spiro atoms. The van der Waals surface area contributed by atoms with E-state index in [1.54, 1.807) is 0 Å². The Morgan fingerprint density at radius 2 is 1.74 bits per heavy atom. The average molecular weight is 274 g/mol. The number of carbonyl (C=O) groups is 1. The molecule has 19 heavy (non-hydrogen) atoms. The van der Waals surface area contributed by atoms with Crippen molar-refractivity contribution in [1.82, 2.24) is 0 Å². The van der Waals surface area contributed by atoms with E-state index in [1.807, 2.05) is 48.5 Å². The number of anilines is 1. The van der Waals surface area contributed by atoms with E-state index in [-0.39, 0.29) is 5.78 Å². The van der Waals surface area contributed by atoms with Gasteiger partial charge >= 0.3 is 0 Å². The van der Waals surface area contributed by atoms with Crippen LogP contribution in [0.4, 0.5) is 5.69 Å². The van der Waals surface area contributed by atoms with Crippen molar-refractivity contribution in [1.29, 1.82) is 0 Å². The molecule has 0 bridgehead atoms. The Morgan fingerprint density at radius 3 is 2.42 bits per heavy atom. The molecular formula is C16H16ClNO. The van der Waals surface area contributed by atoms with Gasteiger partial charge in [0.05, 0.1) is 0 Å². The molecule has 0 aliphatic rings. The summed E-state index contributed by atoms with van der Waals surface area (Å²) in [5.74, 6) is 0.199. The van der Waals surface area contributed by atoms with Crippen LogP contribution in [0, 0.1) is 0 Å². The summed E-state index contributed by atoms with van der Waals surface area (Å²) in [6.07, 6.45) is 1.66. The summed E-state index contributed by atoms with van der Waals surface area (Å²) in [6, 6.07) is 15.1. The smallest absolute Gasteiger partial charge is 0.137 e. The molecule has 2 N–H and O–H groups in total. The summed E-state index contributed by atoms with van der Waals surface area (Å²) >= 11 is 6.04. The van der Waals surface area contributed by atoms with E-state index in [4.69, 9.17) is 17.3 Å². The molecule has 98 valence electrons. The van der Waals surface area contributed by atoms with Gasteiger partial charge in [-0.05, 0) is 35.7 Å². The molecule has 0 aliphatic heterocycles. The van der Waals surface area contributed by atoms with Gasteiger partial charge in [0, 0.05) is 23.6 Å². The van der Waals surface area contributed by atoms with Gasteiger partial charge < -0.3 is 5.73 Å². The summed E-state index contributed by atoms with van der Waals surface area (Å²) in [4.78, 5) is 11.9. The van der Waals surface area contributed by atoms with Crippen LogP contribution in [-0.4, -0.2) is 5.78 Å².